The van der Waals surface area contributed by atoms with Crippen LogP contribution in [0.25, 0.3) is 11.1 Å². The SMILES string of the molecule is CCOC(=O)c1c[nH]c2c1/C(=C1\C(=O)Nc3ccccc31)CC2. The number of ether oxygens (including phenoxy) is 1. The van der Waals surface area contributed by atoms with Crippen molar-refractivity contribution < 1.29 is 14.3 Å². The number of nitrogens with one attached hydrogen (secondary N) is 2. The molecule has 1 aliphatic carbocycles. The molecule has 0 saturated carbocycles. The van der Waals surface area contributed by atoms with E-state index in [0.717, 1.165) is 40.9 Å². The van der Waals surface area contributed by atoms with E-state index in [1.54, 1.807) is 13.1 Å². The first-order valence-electron chi connectivity index (χ1n) is 7.72. The number of allylic oxidation sites excluding steroid dienone is 1. The number of hydrogen-bond donors (Lipinski definition) is 2. The summed E-state index contributed by atoms with van der Waals surface area (Å²) in [6, 6.07) is 7.64. The standard InChI is InChI=1S/C18H16N2O3/c1-2-23-18(22)12-9-19-14-8-7-11(15(12)14)16-10-5-3-4-6-13(10)20-17(16)21/h3-6,9,19H,2,7-8H2,1H3,(H,20,21)/b16-11-. The zero-order valence-electron chi connectivity index (χ0n) is 12.7. The summed E-state index contributed by atoms with van der Waals surface area (Å²) in [5.41, 5.74) is 5.66. The molecule has 0 unspecified atom stereocenters. The van der Waals surface area contributed by atoms with Gasteiger partial charge in [0.25, 0.3) is 5.91 Å². The van der Waals surface area contributed by atoms with Gasteiger partial charge in [0.15, 0.2) is 0 Å². The first kappa shape index (κ1) is 13.8. The average Bonchev–Trinajstić information content (AvgIpc) is 3.19. The summed E-state index contributed by atoms with van der Waals surface area (Å²) in [6.45, 7) is 2.11. The molecule has 5 heteroatoms. The fourth-order valence-corrected chi connectivity index (χ4v) is 3.42. The van der Waals surface area contributed by atoms with Crippen molar-refractivity contribution in [3.05, 3.63) is 52.8 Å². The average molecular weight is 308 g/mol. The molecule has 0 atom stereocenters. The molecule has 2 N–H and O–H groups in total. The minimum absolute atomic E-state index is 0.106. The molecule has 0 spiro atoms. The Kier molecular flexibility index (Phi) is 3.08. The van der Waals surface area contributed by atoms with Gasteiger partial charge in [-0.2, -0.15) is 0 Å². The van der Waals surface area contributed by atoms with Gasteiger partial charge in [-0.15, -0.1) is 0 Å². The summed E-state index contributed by atoms with van der Waals surface area (Å²) in [4.78, 5) is 27.8. The number of H-pyrrole nitrogens is 1. The van der Waals surface area contributed by atoms with Gasteiger partial charge in [0, 0.05) is 28.7 Å². The predicted octanol–water partition coefficient (Wildman–Crippen LogP) is 3.00. The second-order valence-electron chi connectivity index (χ2n) is 5.63. The number of rotatable bonds is 2. The molecule has 2 heterocycles. The summed E-state index contributed by atoms with van der Waals surface area (Å²) in [5, 5.41) is 2.90. The van der Waals surface area contributed by atoms with Gasteiger partial charge < -0.3 is 15.0 Å². The lowest BCUT2D eigenvalue weighted by atomic mass is 9.96. The number of benzene rings is 1. The number of anilines is 1. The van der Waals surface area contributed by atoms with Gasteiger partial charge in [-0.3, -0.25) is 4.79 Å². The smallest absolute Gasteiger partial charge is 0.340 e. The number of carbonyl (C=O) groups is 2. The van der Waals surface area contributed by atoms with Crippen LogP contribution in [-0.4, -0.2) is 23.5 Å². The van der Waals surface area contributed by atoms with Crippen molar-refractivity contribution in [2.75, 3.05) is 11.9 Å². The molecule has 0 bridgehead atoms. The van der Waals surface area contributed by atoms with Crippen molar-refractivity contribution >= 4 is 28.7 Å². The van der Waals surface area contributed by atoms with Crippen molar-refractivity contribution in [2.45, 2.75) is 19.8 Å². The van der Waals surface area contributed by atoms with E-state index in [9.17, 15) is 9.59 Å². The van der Waals surface area contributed by atoms with Crippen molar-refractivity contribution in [1.29, 1.82) is 0 Å². The topological polar surface area (TPSA) is 71.2 Å². The maximum atomic E-state index is 12.5. The second-order valence-corrected chi connectivity index (χ2v) is 5.63. The number of amides is 1. The normalized spacial score (nSPS) is 18.6. The van der Waals surface area contributed by atoms with Crippen molar-refractivity contribution in [1.82, 2.24) is 4.98 Å². The highest BCUT2D eigenvalue weighted by atomic mass is 16.5. The van der Waals surface area contributed by atoms with E-state index >= 15 is 0 Å². The molecule has 1 aromatic carbocycles. The van der Waals surface area contributed by atoms with Gasteiger partial charge in [-0.25, -0.2) is 4.79 Å². The molecule has 2 aliphatic rings. The van der Waals surface area contributed by atoms with Crippen molar-refractivity contribution in [3.8, 4) is 0 Å². The van der Waals surface area contributed by atoms with E-state index in [-0.39, 0.29) is 11.9 Å². The van der Waals surface area contributed by atoms with Crippen LogP contribution >= 0.6 is 0 Å². The molecule has 2 aromatic rings. The molecule has 0 radical (unpaired) electrons. The van der Waals surface area contributed by atoms with Gasteiger partial charge in [0.2, 0.25) is 0 Å². The van der Waals surface area contributed by atoms with E-state index in [1.807, 2.05) is 24.3 Å². The number of carbonyl (C=O) groups excluding carboxylic acids is 2. The molecule has 5 nitrogen and oxygen atoms in total. The zero-order chi connectivity index (χ0) is 16.0. The van der Waals surface area contributed by atoms with Crippen molar-refractivity contribution in [2.24, 2.45) is 0 Å². The van der Waals surface area contributed by atoms with E-state index in [1.165, 1.54) is 0 Å². The summed E-state index contributed by atoms with van der Waals surface area (Å²) in [6.07, 6.45) is 3.22. The summed E-state index contributed by atoms with van der Waals surface area (Å²) in [5.74, 6) is -0.457. The number of aromatic amines is 1. The van der Waals surface area contributed by atoms with Gasteiger partial charge in [0.05, 0.1) is 17.7 Å². The highest BCUT2D eigenvalue weighted by molar-refractivity contribution is 6.37. The Morgan fingerprint density at radius 3 is 2.91 bits per heavy atom. The Morgan fingerprint density at radius 2 is 2.09 bits per heavy atom. The van der Waals surface area contributed by atoms with Crippen LogP contribution in [0, 0.1) is 0 Å². The van der Waals surface area contributed by atoms with E-state index in [4.69, 9.17) is 4.74 Å². The predicted molar refractivity (Wildman–Crippen MR) is 87.0 cm³/mol. The van der Waals surface area contributed by atoms with Crippen LogP contribution < -0.4 is 5.32 Å². The molecule has 4 rings (SSSR count). The Morgan fingerprint density at radius 1 is 1.26 bits per heavy atom. The van der Waals surface area contributed by atoms with Crippen LogP contribution in [0.3, 0.4) is 0 Å². The van der Waals surface area contributed by atoms with Gasteiger partial charge in [-0.05, 0) is 31.4 Å². The molecule has 116 valence electrons. The summed E-state index contributed by atoms with van der Waals surface area (Å²) >= 11 is 0. The van der Waals surface area contributed by atoms with E-state index < -0.39 is 0 Å². The molecule has 0 saturated heterocycles. The lowest BCUT2D eigenvalue weighted by molar-refractivity contribution is -0.110. The second kappa shape index (κ2) is 5.12. The molecule has 0 fully saturated rings. The monoisotopic (exact) mass is 308 g/mol. The first-order chi connectivity index (χ1) is 11.2. The number of fused-ring (bicyclic) bond motifs is 2. The van der Waals surface area contributed by atoms with Crippen LogP contribution in [0.15, 0.2) is 30.5 Å². The highest BCUT2D eigenvalue weighted by Crippen LogP contribution is 2.44. The zero-order valence-corrected chi connectivity index (χ0v) is 12.7. The molecular weight excluding hydrogens is 292 g/mol. The van der Waals surface area contributed by atoms with Crippen LogP contribution in [0.5, 0.6) is 0 Å². The third-order valence-corrected chi connectivity index (χ3v) is 4.36. The number of hydrogen-bond acceptors (Lipinski definition) is 3. The highest BCUT2D eigenvalue weighted by Gasteiger charge is 2.33. The van der Waals surface area contributed by atoms with Gasteiger partial charge in [0.1, 0.15) is 0 Å². The number of aryl methyl sites for hydroxylation is 1. The molecule has 23 heavy (non-hydrogen) atoms. The Labute approximate surface area is 133 Å². The van der Waals surface area contributed by atoms with Crippen LogP contribution in [0.4, 0.5) is 5.69 Å². The molecular formula is C18H16N2O3. The number of para-hydroxylation sites is 1. The number of aromatic nitrogens is 1. The van der Waals surface area contributed by atoms with Crippen LogP contribution in [0.1, 0.15) is 40.5 Å². The van der Waals surface area contributed by atoms with Gasteiger partial charge in [-0.1, -0.05) is 18.2 Å². The minimum atomic E-state index is -0.350. The summed E-state index contributed by atoms with van der Waals surface area (Å²) in [7, 11) is 0. The van der Waals surface area contributed by atoms with Gasteiger partial charge >= 0.3 is 5.97 Å². The quantitative estimate of drug-likeness (QED) is 0.662. The maximum absolute atomic E-state index is 12.5. The maximum Gasteiger partial charge on any atom is 0.340 e. The van der Waals surface area contributed by atoms with Crippen molar-refractivity contribution in [3.63, 3.8) is 0 Å². The number of esters is 1. The van der Waals surface area contributed by atoms with Crippen LogP contribution in [0.2, 0.25) is 0 Å². The molecule has 1 aliphatic heterocycles. The Hall–Kier alpha value is -2.82. The summed E-state index contributed by atoms with van der Waals surface area (Å²) < 4.78 is 5.14. The fraction of sp³-hybridized carbons (Fsp3) is 0.222. The fourth-order valence-electron chi connectivity index (χ4n) is 3.42. The Balaban J connectivity index is 1.90. The largest absolute Gasteiger partial charge is 0.462 e. The minimum Gasteiger partial charge on any atom is -0.462 e. The van der Waals surface area contributed by atoms with E-state index in [2.05, 4.69) is 10.3 Å². The third-order valence-electron chi connectivity index (χ3n) is 4.36. The first-order valence-corrected chi connectivity index (χ1v) is 7.72. The van der Waals surface area contributed by atoms with Crippen LogP contribution in [-0.2, 0) is 16.0 Å². The van der Waals surface area contributed by atoms with E-state index in [0.29, 0.717) is 17.7 Å². The lowest BCUT2D eigenvalue weighted by Gasteiger charge is -2.07. The lowest BCUT2D eigenvalue weighted by Crippen LogP contribution is -2.08. The molecule has 1 aromatic heterocycles. The Bertz CT molecular complexity index is 861. The molecule has 1 amide bonds. The third kappa shape index (κ3) is 2.00.